The molecule has 0 bridgehead atoms. The molecule has 0 N–H and O–H groups in total. The number of carbonyl (C=O) groups is 1. The van der Waals surface area contributed by atoms with Crippen molar-refractivity contribution in [1.82, 2.24) is 4.31 Å². The van der Waals surface area contributed by atoms with E-state index < -0.39 is 10.0 Å². The lowest BCUT2D eigenvalue weighted by molar-refractivity contribution is 0.0874. The summed E-state index contributed by atoms with van der Waals surface area (Å²) < 4.78 is 24.0. The third-order valence-electron chi connectivity index (χ3n) is 2.38. The number of nitrogens with zero attached hydrogens (tertiary/aromatic N) is 1. The van der Waals surface area contributed by atoms with Crippen LogP contribution in [0.5, 0.6) is 0 Å². The fraction of sp³-hybridized carbons (Fsp3) is 0.444. The lowest BCUT2D eigenvalue weighted by Gasteiger charge is -2.13. The molecular formula is C9H11NO3S2. The van der Waals surface area contributed by atoms with Crippen molar-refractivity contribution in [2.75, 3.05) is 12.3 Å². The Kier molecular flexibility index (Phi) is 2.56. The van der Waals surface area contributed by atoms with Gasteiger partial charge in [-0.3, -0.25) is 4.79 Å². The van der Waals surface area contributed by atoms with Crippen molar-refractivity contribution in [2.24, 2.45) is 0 Å². The first kappa shape index (κ1) is 10.6. The van der Waals surface area contributed by atoms with Crippen LogP contribution in [0.2, 0.25) is 0 Å². The SMILES string of the molecule is Cc1ccsc1C(=O)N1CCCS1(=O)=O. The molecule has 1 saturated heterocycles. The van der Waals surface area contributed by atoms with Crippen LogP contribution in [-0.2, 0) is 10.0 Å². The van der Waals surface area contributed by atoms with Gasteiger partial charge in [0.05, 0.1) is 10.6 Å². The van der Waals surface area contributed by atoms with Crippen molar-refractivity contribution < 1.29 is 13.2 Å². The van der Waals surface area contributed by atoms with Crippen LogP contribution in [0.1, 0.15) is 21.7 Å². The smallest absolute Gasteiger partial charge is 0.267 e. The molecule has 1 fully saturated rings. The Bertz CT molecular complexity index is 489. The number of rotatable bonds is 1. The molecule has 6 heteroatoms. The van der Waals surface area contributed by atoms with Gasteiger partial charge in [-0.25, -0.2) is 12.7 Å². The molecule has 2 rings (SSSR count). The summed E-state index contributed by atoms with van der Waals surface area (Å²) >= 11 is 1.29. The number of amides is 1. The van der Waals surface area contributed by atoms with Crippen LogP contribution in [0.4, 0.5) is 0 Å². The van der Waals surface area contributed by atoms with Gasteiger partial charge in [0.25, 0.3) is 5.91 Å². The number of hydrogen-bond acceptors (Lipinski definition) is 4. The molecule has 1 amide bonds. The minimum absolute atomic E-state index is 0.0865. The molecule has 0 unspecified atom stereocenters. The van der Waals surface area contributed by atoms with E-state index >= 15 is 0 Å². The first-order valence-electron chi connectivity index (χ1n) is 4.61. The fourth-order valence-corrected chi connectivity index (χ4v) is 3.97. The molecule has 0 aliphatic carbocycles. The van der Waals surface area contributed by atoms with Crippen LogP contribution in [0.25, 0.3) is 0 Å². The molecule has 15 heavy (non-hydrogen) atoms. The highest BCUT2D eigenvalue weighted by atomic mass is 32.2. The molecule has 1 aliphatic rings. The molecule has 0 aromatic carbocycles. The summed E-state index contributed by atoms with van der Waals surface area (Å²) in [7, 11) is -3.34. The minimum Gasteiger partial charge on any atom is -0.267 e. The maximum absolute atomic E-state index is 11.9. The molecular weight excluding hydrogens is 234 g/mol. The van der Waals surface area contributed by atoms with E-state index in [4.69, 9.17) is 0 Å². The van der Waals surface area contributed by atoms with Gasteiger partial charge in [0.15, 0.2) is 0 Å². The second-order valence-electron chi connectivity index (χ2n) is 3.48. The van der Waals surface area contributed by atoms with Gasteiger partial charge in [-0.2, -0.15) is 0 Å². The van der Waals surface area contributed by atoms with Crippen LogP contribution >= 0.6 is 11.3 Å². The second kappa shape index (κ2) is 3.61. The van der Waals surface area contributed by atoms with Crippen LogP contribution in [0, 0.1) is 6.92 Å². The Morgan fingerprint density at radius 3 is 2.73 bits per heavy atom. The first-order chi connectivity index (χ1) is 7.02. The summed E-state index contributed by atoms with van der Waals surface area (Å²) in [6.45, 7) is 2.13. The summed E-state index contributed by atoms with van der Waals surface area (Å²) in [5.41, 5.74) is 0.840. The third kappa shape index (κ3) is 1.79. The molecule has 1 aromatic heterocycles. The van der Waals surface area contributed by atoms with Crippen LogP contribution in [-0.4, -0.2) is 30.9 Å². The Morgan fingerprint density at radius 2 is 2.27 bits per heavy atom. The molecule has 0 saturated carbocycles. The largest absolute Gasteiger partial charge is 0.277 e. The van der Waals surface area contributed by atoms with Gasteiger partial charge < -0.3 is 0 Å². The monoisotopic (exact) mass is 245 g/mol. The summed E-state index contributed by atoms with van der Waals surface area (Å²) in [4.78, 5) is 12.4. The zero-order chi connectivity index (χ0) is 11.1. The molecule has 82 valence electrons. The summed E-state index contributed by atoms with van der Waals surface area (Å²) in [5.74, 6) is -0.289. The van der Waals surface area contributed by atoms with Crippen molar-refractivity contribution in [3.63, 3.8) is 0 Å². The maximum atomic E-state index is 11.9. The molecule has 4 nitrogen and oxygen atoms in total. The Labute approximate surface area is 92.6 Å². The number of hydrogen-bond donors (Lipinski definition) is 0. The maximum Gasteiger partial charge on any atom is 0.277 e. The van der Waals surface area contributed by atoms with Gasteiger partial charge in [-0.1, -0.05) is 0 Å². The van der Waals surface area contributed by atoms with Gasteiger partial charge in [0, 0.05) is 6.54 Å². The predicted molar refractivity (Wildman–Crippen MR) is 58.5 cm³/mol. The Hall–Kier alpha value is -0.880. The van der Waals surface area contributed by atoms with Gasteiger partial charge in [0.1, 0.15) is 0 Å². The zero-order valence-corrected chi connectivity index (χ0v) is 9.90. The van der Waals surface area contributed by atoms with Gasteiger partial charge in [-0.05, 0) is 30.4 Å². The van der Waals surface area contributed by atoms with Crippen molar-refractivity contribution in [3.8, 4) is 0 Å². The average Bonchev–Trinajstić information content (AvgIpc) is 2.70. The van der Waals surface area contributed by atoms with E-state index in [2.05, 4.69) is 0 Å². The fourth-order valence-electron chi connectivity index (χ4n) is 1.57. The van der Waals surface area contributed by atoms with Crippen molar-refractivity contribution in [1.29, 1.82) is 0 Å². The van der Waals surface area contributed by atoms with Crippen LogP contribution in [0.15, 0.2) is 11.4 Å². The third-order valence-corrected chi connectivity index (χ3v) is 5.21. The number of carbonyl (C=O) groups excluding carboxylic acids is 1. The van der Waals surface area contributed by atoms with Crippen molar-refractivity contribution in [2.45, 2.75) is 13.3 Å². The summed E-state index contributed by atoms with van der Waals surface area (Å²) in [6, 6.07) is 1.82. The standard InChI is InChI=1S/C9H11NO3S2/c1-7-3-5-14-8(7)9(11)10-4-2-6-15(10,12)13/h3,5H,2,4,6H2,1H3. The van der Waals surface area contributed by atoms with Gasteiger partial charge in [-0.15, -0.1) is 11.3 Å². The van der Waals surface area contributed by atoms with Crippen molar-refractivity contribution >= 4 is 27.3 Å². The lowest BCUT2D eigenvalue weighted by atomic mass is 10.3. The summed E-state index contributed by atoms with van der Waals surface area (Å²) in [5, 5.41) is 1.80. The molecule has 0 atom stereocenters. The van der Waals surface area contributed by atoms with E-state index in [9.17, 15) is 13.2 Å². The zero-order valence-electron chi connectivity index (χ0n) is 8.26. The lowest BCUT2D eigenvalue weighted by Crippen LogP contribution is -2.32. The molecule has 2 heterocycles. The Morgan fingerprint density at radius 1 is 1.53 bits per heavy atom. The molecule has 0 spiro atoms. The van der Waals surface area contributed by atoms with E-state index in [1.165, 1.54) is 11.3 Å². The van der Waals surface area contributed by atoms with Gasteiger partial charge >= 0.3 is 0 Å². The molecule has 1 aromatic rings. The highest BCUT2D eigenvalue weighted by Gasteiger charge is 2.34. The quantitative estimate of drug-likeness (QED) is 0.748. The van der Waals surface area contributed by atoms with Gasteiger partial charge in [0.2, 0.25) is 10.0 Å². The van der Waals surface area contributed by atoms with E-state index in [1.54, 1.807) is 5.38 Å². The average molecular weight is 245 g/mol. The van der Waals surface area contributed by atoms with Crippen LogP contribution in [0.3, 0.4) is 0 Å². The second-order valence-corrected chi connectivity index (χ2v) is 6.41. The van der Waals surface area contributed by atoms with E-state index in [1.807, 2.05) is 13.0 Å². The highest BCUT2D eigenvalue weighted by molar-refractivity contribution is 7.89. The van der Waals surface area contributed by atoms with E-state index in [0.29, 0.717) is 17.8 Å². The number of thiophene rings is 1. The minimum atomic E-state index is -3.34. The highest BCUT2D eigenvalue weighted by Crippen LogP contribution is 2.22. The Balaban J connectivity index is 2.34. The van der Waals surface area contributed by atoms with E-state index in [-0.39, 0.29) is 11.7 Å². The molecule has 1 aliphatic heterocycles. The predicted octanol–water partition coefficient (Wildman–Crippen LogP) is 1.23. The first-order valence-corrected chi connectivity index (χ1v) is 7.10. The molecule has 0 radical (unpaired) electrons. The van der Waals surface area contributed by atoms with Crippen molar-refractivity contribution in [3.05, 3.63) is 21.9 Å². The summed E-state index contributed by atoms with van der Waals surface area (Å²) in [6.07, 6.45) is 0.540. The number of sulfonamides is 1. The number of aryl methyl sites for hydroxylation is 1. The topological polar surface area (TPSA) is 54.5 Å². The van der Waals surface area contributed by atoms with Crippen LogP contribution < -0.4 is 0 Å². The normalized spacial score (nSPS) is 19.4. The van der Waals surface area contributed by atoms with E-state index in [0.717, 1.165) is 9.87 Å².